The van der Waals surface area contributed by atoms with Gasteiger partial charge in [0, 0.05) is 18.9 Å². The van der Waals surface area contributed by atoms with Gasteiger partial charge in [0.15, 0.2) is 4.77 Å². The van der Waals surface area contributed by atoms with Gasteiger partial charge < -0.3 is 14.9 Å². The lowest BCUT2D eigenvalue weighted by Crippen LogP contribution is -2.30. The van der Waals surface area contributed by atoms with Crippen LogP contribution < -0.4 is 5.32 Å². The van der Waals surface area contributed by atoms with Gasteiger partial charge in [-0.1, -0.05) is 13.8 Å². The number of aromatic amines is 1. The van der Waals surface area contributed by atoms with E-state index in [2.05, 4.69) is 24.1 Å². The Morgan fingerprint density at radius 1 is 1.71 bits per heavy atom. The molecule has 0 atom stereocenters. The van der Waals surface area contributed by atoms with Crippen molar-refractivity contribution in [3.63, 3.8) is 0 Å². The lowest BCUT2D eigenvalue weighted by molar-refractivity contribution is -0.121. The number of carbonyl (C=O) groups is 1. The van der Waals surface area contributed by atoms with Crippen molar-refractivity contribution in [1.82, 2.24) is 14.9 Å². The summed E-state index contributed by atoms with van der Waals surface area (Å²) in [7, 11) is 0. The number of imidazole rings is 1. The number of nitrogens with zero attached hydrogens (tertiary/aromatic N) is 1. The van der Waals surface area contributed by atoms with E-state index in [1.54, 1.807) is 17.0 Å². The van der Waals surface area contributed by atoms with Crippen molar-refractivity contribution in [2.24, 2.45) is 5.92 Å². The van der Waals surface area contributed by atoms with E-state index in [1.807, 2.05) is 0 Å². The van der Waals surface area contributed by atoms with Crippen molar-refractivity contribution in [3.8, 4) is 0 Å². The minimum Gasteiger partial charge on any atom is -0.354 e. The van der Waals surface area contributed by atoms with Gasteiger partial charge in [0.2, 0.25) is 5.91 Å². The van der Waals surface area contributed by atoms with E-state index in [-0.39, 0.29) is 12.5 Å². The molecule has 0 aliphatic rings. The summed E-state index contributed by atoms with van der Waals surface area (Å²) in [5.41, 5.74) is 0. The lowest BCUT2D eigenvalue weighted by Gasteiger charge is -2.07. The van der Waals surface area contributed by atoms with Crippen LogP contribution in [0.2, 0.25) is 0 Å². The van der Waals surface area contributed by atoms with Gasteiger partial charge in [0.25, 0.3) is 0 Å². The fraction of sp³-hybridized carbons (Fsp3) is 0.556. The first-order valence-electron chi connectivity index (χ1n) is 4.60. The predicted octanol–water partition coefficient (Wildman–Crippen LogP) is 1.32. The van der Waals surface area contributed by atoms with Crippen LogP contribution in [0.25, 0.3) is 0 Å². The molecule has 0 fully saturated rings. The summed E-state index contributed by atoms with van der Waals surface area (Å²) in [6.45, 7) is 5.11. The third-order valence-corrected chi connectivity index (χ3v) is 2.10. The van der Waals surface area contributed by atoms with E-state index < -0.39 is 0 Å². The van der Waals surface area contributed by atoms with Crippen LogP contribution in [0.5, 0.6) is 0 Å². The fourth-order valence-electron chi connectivity index (χ4n) is 1.00. The molecule has 0 saturated carbocycles. The second-order valence-electron chi connectivity index (χ2n) is 3.59. The first-order chi connectivity index (χ1) is 6.59. The fourth-order valence-corrected chi connectivity index (χ4v) is 1.20. The molecule has 4 nitrogen and oxygen atoms in total. The van der Waals surface area contributed by atoms with Gasteiger partial charge in [-0.2, -0.15) is 0 Å². The average Bonchev–Trinajstić information content (AvgIpc) is 2.49. The third kappa shape index (κ3) is 3.33. The van der Waals surface area contributed by atoms with E-state index in [1.165, 1.54) is 0 Å². The Balaban J connectivity index is 2.42. The van der Waals surface area contributed by atoms with Crippen molar-refractivity contribution >= 4 is 18.1 Å². The first-order valence-corrected chi connectivity index (χ1v) is 5.01. The Kier molecular flexibility index (Phi) is 3.88. The molecular weight excluding hydrogens is 198 g/mol. The van der Waals surface area contributed by atoms with Crippen LogP contribution in [0.15, 0.2) is 12.4 Å². The highest BCUT2D eigenvalue weighted by Crippen LogP contribution is 1.91. The molecule has 1 aromatic heterocycles. The Morgan fingerprint density at radius 2 is 2.43 bits per heavy atom. The Morgan fingerprint density at radius 3 is 2.93 bits per heavy atom. The second-order valence-corrected chi connectivity index (χ2v) is 3.98. The van der Waals surface area contributed by atoms with Crippen LogP contribution in [0.1, 0.15) is 13.8 Å². The minimum atomic E-state index is -0.00519. The zero-order chi connectivity index (χ0) is 10.6. The molecule has 0 aliphatic heterocycles. The molecule has 78 valence electrons. The maximum Gasteiger partial charge on any atom is 0.240 e. The van der Waals surface area contributed by atoms with E-state index in [0.717, 1.165) is 0 Å². The lowest BCUT2D eigenvalue weighted by atomic mass is 10.2. The molecule has 14 heavy (non-hydrogen) atoms. The SMILES string of the molecule is CC(C)CNC(=O)Cn1cc[nH]c1=S. The smallest absolute Gasteiger partial charge is 0.240 e. The van der Waals surface area contributed by atoms with E-state index in [9.17, 15) is 4.79 Å². The number of carbonyl (C=O) groups excluding carboxylic acids is 1. The molecule has 0 bridgehead atoms. The standard InChI is InChI=1S/C9H15N3OS/c1-7(2)5-11-8(13)6-12-4-3-10-9(12)14/h3-4,7H,5-6H2,1-2H3,(H,10,14)(H,11,13). The molecular formula is C9H15N3OS. The van der Waals surface area contributed by atoms with Gasteiger partial charge in [0.1, 0.15) is 6.54 Å². The number of rotatable bonds is 4. The van der Waals surface area contributed by atoms with Gasteiger partial charge in [-0.3, -0.25) is 4.79 Å². The number of nitrogens with one attached hydrogen (secondary N) is 2. The van der Waals surface area contributed by atoms with Gasteiger partial charge >= 0.3 is 0 Å². The summed E-state index contributed by atoms with van der Waals surface area (Å²) < 4.78 is 2.27. The van der Waals surface area contributed by atoms with Crippen LogP contribution >= 0.6 is 12.2 Å². The van der Waals surface area contributed by atoms with Crippen molar-refractivity contribution in [2.45, 2.75) is 20.4 Å². The molecule has 2 N–H and O–H groups in total. The molecule has 0 aromatic carbocycles. The number of amides is 1. The summed E-state index contributed by atoms with van der Waals surface area (Å²) in [6.07, 6.45) is 3.48. The molecule has 1 aromatic rings. The minimum absolute atomic E-state index is 0.00519. The summed E-state index contributed by atoms with van der Waals surface area (Å²) in [5.74, 6) is 0.465. The molecule has 1 heterocycles. The topological polar surface area (TPSA) is 49.8 Å². The Labute approximate surface area is 88.3 Å². The number of H-pyrrole nitrogens is 1. The molecule has 0 saturated heterocycles. The maximum absolute atomic E-state index is 11.4. The zero-order valence-electron chi connectivity index (χ0n) is 8.41. The average molecular weight is 213 g/mol. The molecule has 1 amide bonds. The van der Waals surface area contributed by atoms with Crippen LogP contribution in [0.4, 0.5) is 0 Å². The normalized spacial score (nSPS) is 10.5. The number of hydrogen-bond acceptors (Lipinski definition) is 2. The molecule has 0 unspecified atom stereocenters. The highest BCUT2D eigenvalue weighted by atomic mass is 32.1. The van der Waals surface area contributed by atoms with E-state index >= 15 is 0 Å². The molecule has 0 spiro atoms. The van der Waals surface area contributed by atoms with Gasteiger partial charge in [-0.25, -0.2) is 0 Å². The van der Waals surface area contributed by atoms with Crippen LogP contribution in [-0.4, -0.2) is 22.0 Å². The van der Waals surface area contributed by atoms with Crippen molar-refractivity contribution in [1.29, 1.82) is 0 Å². The first kappa shape index (κ1) is 11.0. The van der Waals surface area contributed by atoms with Crippen LogP contribution in [0, 0.1) is 10.7 Å². The number of aromatic nitrogens is 2. The summed E-state index contributed by atoms with van der Waals surface area (Å²) in [5, 5.41) is 2.83. The van der Waals surface area contributed by atoms with Crippen LogP contribution in [0.3, 0.4) is 0 Å². The zero-order valence-corrected chi connectivity index (χ0v) is 9.23. The summed E-state index contributed by atoms with van der Waals surface area (Å²) >= 11 is 4.97. The van der Waals surface area contributed by atoms with Gasteiger partial charge in [-0.15, -0.1) is 0 Å². The molecule has 0 radical (unpaired) electrons. The van der Waals surface area contributed by atoms with Crippen molar-refractivity contribution in [2.75, 3.05) is 6.54 Å². The van der Waals surface area contributed by atoms with Crippen molar-refractivity contribution < 1.29 is 4.79 Å². The highest BCUT2D eigenvalue weighted by molar-refractivity contribution is 7.71. The third-order valence-electron chi connectivity index (χ3n) is 1.74. The van der Waals surface area contributed by atoms with E-state index in [0.29, 0.717) is 17.2 Å². The Hall–Kier alpha value is -1.10. The van der Waals surface area contributed by atoms with Crippen molar-refractivity contribution in [3.05, 3.63) is 17.2 Å². The summed E-state index contributed by atoms with van der Waals surface area (Å²) in [4.78, 5) is 14.2. The summed E-state index contributed by atoms with van der Waals surface area (Å²) in [6, 6.07) is 0. The maximum atomic E-state index is 11.4. The van der Waals surface area contributed by atoms with Gasteiger partial charge in [-0.05, 0) is 18.1 Å². The van der Waals surface area contributed by atoms with Crippen LogP contribution in [-0.2, 0) is 11.3 Å². The highest BCUT2D eigenvalue weighted by Gasteiger charge is 2.03. The van der Waals surface area contributed by atoms with Gasteiger partial charge in [0.05, 0.1) is 0 Å². The molecule has 0 aliphatic carbocycles. The number of hydrogen-bond donors (Lipinski definition) is 2. The molecule has 5 heteroatoms. The predicted molar refractivity (Wildman–Crippen MR) is 57.5 cm³/mol. The molecule has 1 rings (SSSR count). The Bertz CT molecular complexity index is 353. The second kappa shape index (κ2) is 4.95. The largest absolute Gasteiger partial charge is 0.354 e. The monoisotopic (exact) mass is 213 g/mol. The van der Waals surface area contributed by atoms with E-state index in [4.69, 9.17) is 12.2 Å². The quantitative estimate of drug-likeness (QED) is 0.741.